The standard InChI is InChI=1S/C19H18N4O2/c1-3-16-17(24)19(25-12-14-8-10-20-11-9-14)23-22-18(16)21-15-6-4-13(2)5-7-15/h3-11H,1,12H2,2H3,(H2,21,22,24). The van der Waals surface area contributed by atoms with Gasteiger partial charge in [-0.3, -0.25) is 14.9 Å². The van der Waals surface area contributed by atoms with Crippen LogP contribution in [0.1, 0.15) is 16.7 Å². The van der Waals surface area contributed by atoms with Gasteiger partial charge >= 0.3 is 0 Å². The largest absolute Gasteiger partial charge is 0.469 e. The van der Waals surface area contributed by atoms with Gasteiger partial charge in [-0.25, -0.2) is 0 Å². The Hall–Kier alpha value is -3.41. The number of nitrogens with one attached hydrogen (secondary N) is 2. The predicted octanol–water partition coefficient (Wildman–Crippen LogP) is 3.44. The van der Waals surface area contributed by atoms with E-state index < -0.39 is 0 Å². The molecule has 0 atom stereocenters. The number of aromatic amines is 1. The minimum absolute atomic E-state index is 0.00108. The molecule has 3 rings (SSSR count). The Balaban J connectivity index is 1.82. The summed E-state index contributed by atoms with van der Waals surface area (Å²) in [5.74, 6) is 0.473. The van der Waals surface area contributed by atoms with Gasteiger partial charge in [-0.15, -0.1) is 5.10 Å². The van der Waals surface area contributed by atoms with Crippen LogP contribution < -0.4 is 15.5 Å². The Morgan fingerprint density at radius 3 is 2.60 bits per heavy atom. The number of aromatic nitrogens is 3. The fourth-order valence-corrected chi connectivity index (χ4v) is 2.25. The van der Waals surface area contributed by atoms with Crippen molar-refractivity contribution in [2.24, 2.45) is 0 Å². The number of rotatable bonds is 6. The average Bonchev–Trinajstić information content (AvgIpc) is 2.64. The molecule has 2 aromatic heterocycles. The SMILES string of the molecule is C=Cc1c(Nc2ccc(C)cc2)[nH]nc(OCc2ccncc2)c1=O. The maximum absolute atomic E-state index is 12.6. The van der Waals surface area contributed by atoms with E-state index in [1.54, 1.807) is 12.4 Å². The molecule has 2 N–H and O–H groups in total. The van der Waals surface area contributed by atoms with E-state index in [9.17, 15) is 4.79 Å². The van der Waals surface area contributed by atoms with Crippen LogP contribution >= 0.6 is 0 Å². The van der Waals surface area contributed by atoms with Crippen LogP contribution in [0.2, 0.25) is 0 Å². The van der Waals surface area contributed by atoms with Gasteiger partial charge in [0.25, 0.3) is 11.3 Å². The van der Waals surface area contributed by atoms with Crippen molar-refractivity contribution in [2.75, 3.05) is 5.32 Å². The predicted molar refractivity (Wildman–Crippen MR) is 98.0 cm³/mol. The molecule has 0 bridgehead atoms. The molecule has 6 nitrogen and oxygen atoms in total. The van der Waals surface area contributed by atoms with Crippen molar-refractivity contribution in [3.63, 3.8) is 0 Å². The monoisotopic (exact) mass is 334 g/mol. The summed E-state index contributed by atoms with van der Waals surface area (Å²) in [6.45, 7) is 5.96. The topological polar surface area (TPSA) is 79.9 Å². The van der Waals surface area contributed by atoms with Gasteiger partial charge in [0.05, 0.1) is 5.56 Å². The van der Waals surface area contributed by atoms with Crippen LogP contribution in [0, 0.1) is 6.92 Å². The fourth-order valence-electron chi connectivity index (χ4n) is 2.25. The molecule has 0 spiro atoms. The Kier molecular flexibility index (Phi) is 4.89. The minimum atomic E-state index is -0.322. The van der Waals surface area contributed by atoms with E-state index in [2.05, 4.69) is 27.1 Å². The summed E-state index contributed by atoms with van der Waals surface area (Å²) in [6.07, 6.45) is 4.82. The van der Waals surface area contributed by atoms with Crippen LogP contribution in [0.25, 0.3) is 6.08 Å². The van der Waals surface area contributed by atoms with E-state index in [-0.39, 0.29) is 17.9 Å². The molecule has 0 amide bonds. The van der Waals surface area contributed by atoms with E-state index in [1.165, 1.54) is 6.08 Å². The first-order valence-corrected chi connectivity index (χ1v) is 7.78. The molecular weight excluding hydrogens is 316 g/mol. The van der Waals surface area contributed by atoms with E-state index in [0.717, 1.165) is 16.8 Å². The highest BCUT2D eigenvalue weighted by molar-refractivity contribution is 5.68. The van der Waals surface area contributed by atoms with E-state index >= 15 is 0 Å². The van der Waals surface area contributed by atoms with Crippen LogP contribution in [0.4, 0.5) is 11.5 Å². The fraction of sp³-hybridized carbons (Fsp3) is 0.105. The highest BCUT2D eigenvalue weighted by atomic mass is 16.5. The maximum Gasteiger partial charge on any atom is 0.280 e. The minimum Gasteiger partial charge on any atom is -0.469 e. The van der Waals surface area contributed by atoms with Gasteiger partial charge in [0.2, 0.25) is 0 Å². The zero-order valence-electron chi connectivity index (χ0n) is 13.8. The summed E-state index contributed by atoms with van der Waals surface area (Å²) in [6, 6.07) is 11.4. The second kappa shape index (κ2) is 7.44. The summed E-state index contributed by atoms with van der Waals surface area (Å²) in [5, 5.41) is 10.00. The number of benzene rings is 1. The highest BCUT2D eigenvalue weighted by Gasteiger charge is 2.12. The number of hydrogen-bond donors (Lipinski definition) is 2. The van der Waals surface area contributed by atoms with Gasteiger partial charge in [-0.05, 0) is 36.8 Å². The lowest BCUT2D eigenvalue weighted by atomic mass is 10.2. The number of H-pyrrole nitrogens is 1. The third-order valence-corrected chi connectivity index (χ3v) is 3.63. The summed E-state index contributed by atoms with van der Waals surface area (Å²) in [7, 11) is 0. The first kappa shape index (κ1) is 16.4. The number of aryl methyl sites for hydroxylation is 1. The molecule has 1 aromatic carbocycles. The Morgan fingerprint density at radius 2 is 1.92 bits per heavy atom. The number of hydrogen-bond acceptors (Lipinski definition) is 5. The molecular formula is C19H18N4O2. The van der Waals surface area contributed by atoms with Crippen molar-refractivity contribution in [1.82, 2.24) is 15.2 Å². The number of ether oxygens (including phenoxy) is 1. The van der Waals surface area contributed by atoms with Crippen molar-refractivity contribution < 1.29 is 4.74 Å². The smallest absolute Gasteiger partial charge is 0.280 e. The number of pyridine rings is 1. The van der Waals surface area contributed by atoms with Gasteiger partial charge in [0.1, 0.15) is 12.4 Å². The Labute approximate surface area is 145 Å². The lowest BCUT2D eigenvalue weighted by molar-refractivity contribution is 0.287. The van der Waals surface area contributed by atoms with Gasteiger partial charge in [0.15, 0.2) is 0 Å². The summed E-state index contributed by atoms with van der Waals surface area (Å²) in [5.41, 5.74) is 2.95. The van der Waals surface area contributed by atoms with Gasteiger partial charge in [-0.2, -0.15) is 0 Å². The van der Waals surface area contributed by atoms with E-state index in [4.69, 9.17) is 4.74 Å². The second-order valence-corrected chi connectivity index (χ2v) is 5.49. The summed E-state index contributed by atoms with van der Waals surface area (Å²) < 4.78 is 5.53. The van der Waals surface area contributed by atoms with Crippen LogP contribution in [0.15, 0.2) is 60.2 Å². The van der Waals surface area contributed by atoms with Gasteiger partial charge in [-0.1, -0.05) is 30.4 Å². The molecule has 0 fully saturated rings. The normalized spacial score (nSPS) is 10.3. The zero-order chi connectivity index (χ0) is 17.6. The van der Waals surface area contributed by atoms with E-state index in [0.29, 0.717) is 11.4 Å². The summed E-state index contributed by atoms with van der Waals surface area (Å²) in [4.78, 5) is 16.5. The number of anilines is 2. The molecule has 0 aliphatic carbocycles. The first-order chi connectivity index (χ1) is 12.2. The van der Waals surface area contributed by atoms with Gasteiger partial charge in [0, 0.05) is 18.1 Å². The summed E-state index contributed by atoms with van der Waals surface area (Å²) >= 11 is 0. The number of nitrogens with zero attached hydrogens (tertiary/aromatic N) is 2. The zero-order valence-corrected chi connectivity index (χ0v) is 13.8. The molecule has 126 valence electrons. The molecule has 0 radical (unpaired) electrons. The molecule has 0 aliphatic heterocycles. The Bertz CT molecular complexity index is 918. The quantitative estimate of drug-likeness (QED) is 0.722. The molecule has 0 unspecified atom stereocenters. The molecule has 0 saturated carbocycles. The molecule has 3 aromatic rings. The molecule has 25 heavy (non-hydrogen) atoms. The van der Waals surface area contributed by atoms with Crippen LogP contribution in [-0.4, -0.2) is 15.2 Å². The van der Waals surface area contributed by atoms with Crippen molar-refractivity contribution in [1.29, 1.82) is 0 Å². The van der Waals surface area contributed by atoms with Crippen LogP contribution in [0.5, 0.6) is 5.88 Å². The van der Waals surface area contributed by atoms with Gasteiger partial charge < -0.3 is 10.1 Å². The maximum atomic E-state index is 12.6. The highest BCUT2D eigenvalue weighted by Crippen LogP contribution is 2.18. The van der Waals surface area contributed by atoms with E-state index in [1.807, 2.05) is 43.3 Å². The van der Waals surface area contributed by atoms with Crippen molar-refractivity contribution in [2.45, 2.75) is 13.5 Å². The molecule has 6 heteroatoms. The second-order valence-electron chi connectivity index (χ2n) is 5.49. The average molecular weight is 334 g/mol. The first-order valence-electron chi connectivity index (χ1n) is 7.78. The third kappa shape index (κ3) is 3.92. The lowest BCUT2D eigenvalue weighted by Gasteiger charge is -2.11. The van der Waals surface area contributed by atoms with Crippen LogP contribution in [0.3, 0.4) is 0 Å². The third-order valence-electron chi connectivity index (χ3n) is 3.63. The van der Waals surface area contributed by atoms with Crippen molar-refractivity contribution in [3.05, 3.63) is 82.3 Å². The van der Waals surface area contributed by atoms with Crippen LogP contribution in [-0.2, 0) is 6.61 Å². The van der Waals surface area contributed by atoms with Crippen molar-refractivity contribution >= 4 is 17.6 Å². The lowest BCUT2D eigenvalue weighted by Crippen LogP contribution is -2.16. The van der Waals surface area contributed by atoms with Crippen molar-refractivity contribution in [3.8, 4) is 5.88 Å². The molecule has 2 heterocycles. The molecule has 0 saturated heterocycles. The molecule has 0 aliphatic rings. The Morgan fingerprint density at radius 1 is 1.20 bits per heavy atom.